The lowest BCUT2D eigenvalue weighted by molar-refractivity contribution is 0.660. The Balaban J connectivity index is 2.20. The van der Waals surface area contributed by atoms with Gasteiger partial charge in [-0.05, 0) is 44.9 Å². The predicted octanol–water partition coefficient (Wildman–Crippen LogP) is 4.77. The number of hydrogen-bond donors (Lipinski definition) is 0. The zero-order valence-corrected chi connectivity index (χ0v) is 16.7. The van der Waals surface area contributed by atoms with Gasteiger partial charge in [0.05, 0.1) is 5.39 Å². The lowest BCUT2D eigenvalue weighted by Crippen LogP contribution is -2.23. The third kappa shape index (κ3) is 3.33. The molecule has 0 radical (unpaired) electrons. The van der Waals surface area contributed by atoms with Crippen LogP contribution in [0.25, 0.3) is 16.7 Å². The lowest BCUT2D eigenvalue weighted by atomic mass is 10.2. The van der Waals surface area contributed by atoms with E-state index in [2.05, 4.69) is 68.1 Å². The van der Waals surface area contributed by atoms with Gasteiger partial charge in [-0.15, -0.1) is 0 Å². The number of aryl methyl sites for hydroxylation is 2. The van der Waals surface area contributed by atoms with Crippen LogP contribution in [0.2, 0.25) is 0 Å². The van der Waals surface area contributed by atoms with Gasteiger partial charge >= 0.3 is 0 Å². The van der Waals surface area contributed by atoms with Gasteiger partial charge in [-0.2, -0.15) is 0 Å². The van der Waals surface area contributed by atoms with E-state index in [1.807, 2.05) is 6.07 Å². The van der Waals surface area contributed by atoms with E-state index in [0.717, 1.165) is 35.6 Å². The zero-order chi connectivity index (χ0) is 18.7. The molecule has 26 heavy (non-hydrogen) atoms. The molecule has 2 aromatic heterocycles. The van der Waals surface area contributed by atoms with Gasteiger partial charge in [-0.25, -0.2) is 4.98 Å². The normalized spacial score (nSPS) is 12.3. The van der Waals surface area contributed by atoms with Crippen LogP contribution in [0.5, 0.6) is 0 Å². The van der Waals surface area contributed by atoms with Crippen LogP contribution in [0.3, 0.4) is 0 Å². The fourth-order valence-corrected chi connectivity index (χ4v) is 3.51. The van der Waals surface area contributed by atoms with Gasteiger partial charge in [0.25, 0.3) is 0 Å². The quantitative estimate of drug-likeness (QED) is 0.590. The van der Waals surface area contributed by atoms with Crippen molar-refractivity contribution >= 4 is 11.0 Å². The molecule has 2 heterocycles. The van der Waals surface area contributed by atoms with Crippen LogP contribution in [0, 0.1) is 20.8 Å². The van der Waals surface area contributed by atoms with Crippen LogP contribution in [-0.4, -0.2) is 20.7 Å². The minimum Gasteiger partial charge on any atom is -0.318 e. The number of rotatable bonds is 6. The van der Waals surface area contributed by atoms with Gasteiger partial charge in [-0.3, -0.25) is 9.56 Å². The van der Waals surface area contributed by atoms with Crippen molar-refractivity contribution in [2.45, 2.75) is 53.4 Å². The van der Waals surface area contributed by atoms with Crippen molar-refractivity contribution in [2.75, 3.05) is 6.54 Å². The molecule has 0 bridgehead atoms. The van der Waals surface area contributed by atoms with Crippen LogP contribution in [-0.2, 0) is 7.05 Å². The van der Waals surface area contributed by atoms with Gasteiger partial charge < -0.3 is 4.57 Å². The van der Waals surface area contributed by atoms with Crippen molar-refractivity contribution in [3.05, 3.63) is 52.9 Å². The summed E-state index contributed by atoms with van der Waals surface area (Å²) >= 11 is 0. The average Bonchev–Trinajstić information content (AvgIpc) is 2.89. The van der Waals surface area contributed by atoms with E-state index < -0.39 is 0 Å². The molecule has 0 spiro atoms. The molecule has 0 aliphatic carbocycles. The summed E-state index contributed by atoms with van der Waals surface area (Å²) in [6.45, 7) is 9.53. The monoisotopic (exact) mass is 350 g/mol. The molecule has 3 aromatic rings. The molecule has 0 N–H and O–H groups in total. The van der Waals surface area contributed by atoms with E-state index in [1.54, 1.807) is 0 Å². The molecule has 4 nitrogen and oxygen atoms in total. The number of para-hydroxylation sites is 1. The Morgan fingerprint density at radius 3 is 2.42 bits per heavy atom. The maximum Gasteiger partial charge on any atom is 0.150 e. The van der Waals surface area contributed by atoms with E-state index in [1.165, 1.54) is 35.9 Å². The third-order valence-electron chi connectivity index (χ3n) is 5.27. The SMILES string of the molecule is CCCCCCN=c1c2c(C)c(C)n(-c3ccccc3)c2nc(C)n1C. The van der Waals surface area contributed by atoms with Gasteiger partial charge in [0.2, 0.25) is 0 Å². The standard InChI is InChI=1S/C22H30N4/c1-6-7-8-12-15-23-21-20-16(2)17(3)26(19-13-10-9-11-14-19)22(20)24-18(4)25(21)5/h9-11,13-14H,6-8,12,15H2,1-5H3. The Morgan fingerprint density at radius 2 is 1.73 bits per heavy atom. The van der Waals surface area contributed by atoms with Gasteiger partial charge in [0.15, 0.2) is 5.65 Å². The van der Waals surface area contributed by atoms with Crippen LogP contribution in [0.15, 0.2) is 35.3 Å². The highest BCUT2D eigenvalue weighted by Crippen LogP contribution is 2.25. The summed E-state index contributed by atoms with van der Waals surface area (Å²) in [6, 6.07) is 10.5. The molecular formula is C22H30N4. The Morgan fingerprint density at radius 1 is 1.00 bits per heavy atom. The van der Waals surface area contributed by atoms with Gasteiger partial charge in [0.1, 0.15) is 11.3 Å². The smallest absolute Gasteiger partial charge is 0.150 e. The minimum atomic E-state index is 0.876. The summed E-state index contributed by atoms with van der Waals surface area (Å²) in [5, 5.41) is 1.18. The molecule has 0 saturated carbocycles. The molecule has 0 atom stereocenters. The maximum absolute atomic E-state index is 4.99. The Hall–Kier alpha value is -2.36. The number of aromatic nitrogens is 3. The molecule has 0 amide bonds. The highest BCUT2D eigenvalue weighted by atomic mass is 15.1. The molecular weight excluding hydrogens is 320 g/mol. The number of benzene rings is 1. The third-order valence-corrected chi connectivity index (χ3v) is 5.27. The summed E-state index contributed by atoms with van der Waals surface area (Å²) in [7, 11) is 2.07. The first-order chi connectivity index (χ1) is 12.6. The Bertz CT molecular complexity index is 961. The minimum absolute atomic E-state index is 0.876. The van der Waals surface area contributed by atoms with Crippen LogP contribution in [0.4, 0.5) is 0 Å². The largest absolute Gasteiger partial charge is 0.318 e. The van der Waals surface area contributed by atoms with E-state index in [9.17, 15) is 0 Å². The van der Waals surface area contributed by atoms with Crippen LogP contribution < -0.4 is 5.49 Å². The van der Waals surface area contributed by atoms with Crippen LogP contribution in [0.1, 0.15) is 49.7 Å². The average molecular weight is 351 g/mol. The van der Waals surface area contributed by atoms with Gasteiger partial charge in [0, 0.05) is 25.0 Å². The van der Waals surface area contributed by atoms with Crippen molar-refractivity contribution in [1.29, 1.82) is 0 Å². The van der Waals surface area contributed by atoms with Crippen LogP contribution >= 0.6 is 0 Å². The predicted molar refractivity (Wildman–Crippen MR) is 109 cm³/mol. The summed E-state index contributed by atoms with van der Waals surface area (Å²) in [5.74, 6) is 0.986. The van der Waals surface area contributed by atoms with Gasteiger partial charge in [-0.1, -0.05) is 44.4 Å². The first-order valence-corrected chi connectivity index (χ1v) is 9.67. The number of unbranched alkanes of at least 4 members (excludes halogenated alkanes) is 3. The molecule has 0 unspecified atom stereocenters. The molecule has 1 aromatic carbocycles. The molecule has 0 aliphatic rings. The fraction of sp³-hybridized carbons (Fsp3) is 0.455. The first kappa shape index (κ1) is 18.4. The molecule has 0 saturated heterocycles. The van der Waals surface area contributed by atoms with Crippen molar-refractivity contribution in [2.24, 2.45) is 12.0 Å². The van der Waals surface area contributed by atoms with Crippen molar-refractivity contribution in [3.8, 4) is 5.69 Å². The molecule has 4 heteroatoms. The van der Waals surface area contributed by atoms with Crippen molar-refractivity contribution in [1.82, 2.24) is 14.1 Å². The zero-order valence-electron chi connectivity index (χ0n) is 16.7. The highest BCUT2D eigenvalue weighted by Gasteiger charge is 2.17. The lowest BCUT2D eigenvalue weighted by Gasteiger charge is -2.10. The summed E-state index contributed by atoms with van der Waals surface area (Å²) in [5.41, 5.74) is 5.71. The van der Waals surface area contributed by atoms with E-state index >= 15 is 0 Å². The number of nitrogens with zero attached hydrogens (tertiary/aromatic N) is 4. The van der Waals surface area contributed by atoms with Crippen molar-refractivity contribution in [3.63, 3.8) is 0 Å². The maximum atomic E-state index is 4.99. The Kier molecular flexibility index (Phi) is 5.60. The molecule has 138 valence electrons. The summed E-state index contributed by atoms with van der Waals surface area (Å²) < 4.78 is 4.39. The molecule has 0 aliphatic heterocycles. The first-order valence-electron chi connectivity index (χ1n) is 9.67. The topological polar surface area (TPSA) is 35.1 Å². The second-order valence-electron chi connectivity index (χ2n) is 7.06. The molecule has 3 rings (SSSR count). The summed E-state index contributed by atoms with van der Waals surface area (Å²) in [4.78, 5) is 9.90. The fourth-order valence-electron chi connectivity index (χ4n) is 3.51. The second kappa shape index (κ2) is 7.90. The number of hydrogen-bond acceptors (Lipinski definition) is 2. The van der Waals surface area contributed by atoms with Crippen molar-refractivity contribution < 1.29 is 0 Å². The molecule has 0 fully saturated rings. The second-order valence-corrected chi connectivity index (χ2v) is 7.06. The number of fused-ring (bicyclic) bond motifs is 1. The Labute approximate surface area is 156 Å². The van der Waals surface area contributed by atoms with E-state index in [0.29, 0.717) is 0 Å². The van der Waals surface area contributed by atoms with E-state index in [4.69, 9.17) is 9.98 Å². The van der Waals surface area contributed by atoms with E-state index in [-0.39, 0.29) is 0 Å². The summed E-state index contributed by atoms with van der Waals surface area (Å²) in [6.07, 6.45) is 4.94. The highest BCUT2D eigenvalue weighted by molar-refractivity contribution is 5.83.